The first-order chi connectivity index (χ1) is 11.6. The van der Waals surface area contributed by atoms with E-state index in [-0.39, 0.29) is 11.4 Å². The van der Waals surface area contributed by atoms with Crippen LogP contribution in [-0.4, -0.2) is 42.2 Å². The third-order valence-corrected chi connectivity index (χ3v) is 4.38. The number of para-hydroxylation sites is 1. The van der Waals surface area contributed by atoms with Crippen molar-refractivity contribution in [2.24, 2.45) is 0 Å². The van der Waals surface area contributed by atoms with Crippen LogP contribution >= 0.6 is 0 Å². The normalized spacial score (nSPS) is 17.8. The lowest BCUT2D eigenvalue weighted by Gasteiger charge is -2.17. The Hall–Kier alpha value is -2.40. The number of hydrogen-bond donors (Lipinski definition) is 1. The fraction of sp³-hybridized carbons (Fsp3) is 0.316. The number of carbonyl (C=O) groups is 1. The lowest BCUT2D eigenvalue weighted by atomic mass is 9.98. The number of aromatic carboxylic acids is 1. The molecule has 1 fully saturated rings. The van der Waals surface area contributed by atoms with Crippen molar-refractivity contribution in [1.29, 1.82) is 0 Å². The van der Waals surface area contributed by atoms with Gasteiger partial charge in [0.15, 0.2) is 0 Å². The second kappa shape index (κ2) is 7.45. The quantitative estimate of drug-likeness (QED) is 0.882. The second-order valence-electron chi connectivity index (χ2n) is 5.99. The zero-order valence-electron chi connectivity index (χ0n) is 13.3. The van der Waals surface area contributed by atoms with Crippen molar-refractivity contribution in [3.63, 3.8) is 0 Å². The molecule has 2 aromatic rings. The number of nitrogens with zero attached hydrogens (tertiary/aromatic N) is 1. The van der Waals surface area contributed by atoms with E-state index in [2.05, 4.69) is 4.90 Å². The Morgan fingerprint density at radius 3 is 2.88 bits per heavy atom. The molecule has 1 heterocycles. The van der Waals surface area contributed by atoms with Gasteiger partial charge in [0.25, 0.3) is 0 Å². The van der Waals surface area contributed by atoms with Gasteiger partial charge in [0, 0.05) is 13.1 Å². The predicted octanol–water partition coefficient (Wildman–Crippen LogP) is 3.39. The molecule has 24 heavy (non-hydrogen) atoms. The largest absolute Gasteiger partial charge is 0.491 e. The fourth-order valence-electron chi connectivity index (χ4n) is 3.12. The topological polar surface area (TPSA) is 49.8 Å². The number of rotatable bonds is 6. The third-order valence-electron chi connectivity index (χ3n) is 4.38. The van der Waals surface area contributed by atoms with Gasteiger partial charge in [0.1, 0.15) is 23.7 Å². The van der Waals surface area contributed by atoms with Crippen molar-refractivity contribution in [1.82, 2.24) is 4.90 Å². The van der Waals surface area contributed by atoms with Crippen LogP contribution < -0.4 is 4.74 Å². The van der Waals surface area contributed by atoms with Gasteiger partial charge in [-0.15, -0.1) is 0 Å². The van der Waals surface area contributed by atoms with E-state index in [1.54, 1.807) is 30.3 Å². The van der Waals surface area contributed by atoms with Crippen LogP contribution in [0.2, 0.25) is 0 Å². The molecular formula is C19H20FNO3. The highest BCUT2D eigenvalue weighted by molar-refractivity contribution is 5.90. The number of likely N-dealkylation sites (tertiary alicyclic amines) is 1. The Balaban J connectivity index is 1.51. The van der Waals surface area contributed by atoms with Crippen LogP contribution in [0.15, 0.2) is 48.5 Å². The number of benzene rings is 2. The van der Waals surface area contributed by atoms with Crippen LogP contribution in [0.5, 0.6) is 5.75 Å². The molecule has 0 spiro atoms. The Kier molecular flexibility index (Phi) is 5.11. The SMILES string of the molecule is O=C(O)c1ccccc1OCCN1CCC(c2cccc(F)c2)C1. The minimum Gasteiger partial charge on any atom is -0.491 e. The minimum absolute atomic E-state index is 0.177. The number of carboxylic acids is 1. The molecule has 3 rings (SSSR count). The molecule has 1 atom stereocenters. The number of ether oxygens (including phenoxy) is 1. The molecule has 0 bridgehead atoms. The first-order valence-electron chi connectivity index (χ1n) is 8.06. The summed E-state index contributed by atoms with van der Waals surface area (Å²) in [5, 5.41) is 9.14. The summed E-state index contributed by atoms with van der Waals surface area (Å²) in [5.74, 6) is -0.449. The summed E-state index contributed by atoms with van der Waals surface area (Å²) in [5.41, 5.74) is 1.21. The van der Waals surface area contributed by atoms with E-state index in [4.69, 9.17) is 9.84 Å². The summed E-state index contributed by atoms with van der Waals surface area (Å²) >= 11 is 0. The van der Waals surface area contributed by atoms with E-state index >= 15 is 0 Å². The molecule has 0 amide bonds. The van der Waals surface area contributed by atoms with Gasteiger partial charge in [-0.3, -0.25) is 4.90 Å². The number of carboxylic acid groups (broad SMARTS) is 1. The molecule has 0 saturated carbocycles. The molecule has 2 aromatic carbocycles. The summed E-state index contributed by atoms with van der Waals surface area (Å²) in [6, 6.07) is 13.4. The molecule has 0 aliphatic carbocycles. The molecule has 1 N–H and O–H groups in total. The van der Waals surface area contributed by atoms with Crippen molar-refractivity contribution >= 4 is 5.97 Å². The Bertz CT molecular complexity index is 719. The van der Waals surface area contributed by atoms with Crippen molar-refractivity contribution in [3.05, 3.63) is 65.5 Å². The van der Waals surface area contributed by atoms with Crippen molar-refractivity contribution in [2.45, 2.75) is 12.3 Å². The Morgan fingerprint density at radius 1 is 1.25 bits per heavy atom. The molecule has 0 radical (unpaired) electrons. The molecular weight excluding hydrogens is 309 g/mol. The lowest BCUT2D eigenvalue weighted by Crippen LogP contribution is -2.26. The van der Waals surface area contributed by atoms with Gasteiger partial charge in [0.05, 0.1) is 0 Å². The first-order valence-corrected chi connectivity index (χ1v) is 8.06. The summed E-state index contributed by atoms with van der Waals surface area (Å²) in [7, 11) is 0. The molecule has 1 aliphatic heterocycles. The smallest absolute Gasteiger partial charge is 0.339 e. The highest BCUT2D eigenvalue weighted by Gasteiger charge is 2.24. The predicted molar refractivity (Wildman–Crippen MR) is 89.1 cm³/mol. The molecule has 1 saturated heterocycles. The highest BCUT2D eigenvalue weighted by Crippen LogP contribution is 2.27. The van der Waals surface area contributed by atoms with Crippen LogP contribution in [0, 0.1) is 5.82 Å². The van der Waals surface area contributed by atoms with Gasteiger partial charge in [-0.1, -0.05) is 24.3 Å². The average Bonchev–Trinajstić information content (AvgIpc) is 3.04. The van der Waals surface area contributed by atoms with E-state index in [0.717, 1.165) is 31.6 Å². The Morgan fingerprint density at radius 2 is 2.08 bits per heavy atom. The number of halogens is 1. The molecule has 1 unspecified atom stereocenters. The van der Waals surface area contributed by atoms with E-state index in [9.17, 15) is 9.18 Å². The van der Waals surface area contributed by atoms with Gasteiger partial charge < -0.3 is 9.84 Å². The van der Waals surface area contributed by atoms with Gasteiger partial charge in [0.2, 0.25) is 0 Å². The monoisotopic (exact) mass is 329 g/mol. The van der Waals surface area contributed by atoms with Crippen LogP contribution in [0.4, 0.5) is 4.39 Å². The highest BCUT2D eigenvalue weighted by atomic mass is 19.1. The third kappa shape index (κ3) is 3.92. The second-order valence-corrected chi connectivity index (χ2v) is 5.99. The maximum atomic E-state index is 13.3. The minimum atomic E-state index is -0.988. The average molecular weight is 329 g/mol. The summed E-state index contributed by atoms with van der Waals surface area (Å²) in [6.07, 6.45) is 0.995. The van der Waals surface area contributed by atoms with Gasteiger partial charge in [-0.2, -0.15) is 0 Å². The van der Waals surface area contributed by atoms with Crippen LogP contribution in [-0.2, 0) is 0 Å². The van der Waals surface area contributed by atoms with Crippen LogP contribution in [0.3, 0.4) is 0 Å². The van der Waals surface area contributed by atoms with Gasteiger partial charge in [-0.25, -0.2) is 9.18 Å². The van der Waals surface area contributed by atoms with Crippen molar-refractivity contribution < 1.29 is 19.0 Å². The summed E-state index contributed by atoms with van der Waals surface area (Å²) in [6.45, 7) is 2.96. The molecule has 1 aliphatic rings. The zero-order chi connectivity index (χ0) is 16.9. The molecule has 126 valence electrons. The maximum absolute atomic E-state index is 13.3. The van der Waals surface area contributed by atoms with E-state index in [0.29, 0.717) is 18.3 Å². The van der Waals surface area contributed by atoms with Crippen LogP contribution in [0.25, 0.3) is 0 Å². The van der Waals surface area contributed by atoms with E-state index in [1.165, 1.54) is 12.1 Å². The summed E-state index contributed by atoms with van der Waals surface area (Å²) < 4.78 is 19.0. The first kappa shape index (κ1) is 16.5. The van der Waals surface area contributed by atoms with E-state index < -0.39 is 5.97 Å². The van der Waals surface area contributed by atoms with Crippen molar-refractivity contribution in [3.8, 4) is 5.75 Å². The Labute approximate surface area is 140 Å². The molecule has 4 nitrogen and oxygen atoms in total. The molecule has 0 aromatic heterocycles. The molecule has 5 heteroatoms. The van der Waals surface area contributed by atoms with E-state index in [1.807, 2.05) is 6.07 Å². The zero-order valence-corrected chi connectivity index (χ0v) is 13.3. The maximum Gasteiger partial charge on any atom is 0.339 e. The standard InChI is InChI=1S/C19H20FNO3/c20-16-5-3-4-14(12-16)15-8-9-21(13-15)10-11-24-18-7-2-1-6-17(18)19(22)23/h1-7,12,15H,8-11,13H2,(H,22,23). The van der Waals surface area contributed by atoms with Gasteiger partial charge in [-0.05, 0) is 48.7 Å². The summed E-state index contributed by atoms with van der Waals surface area (Å²) in [4.78, 5) is 13.4. The number of hydrogen-bond acceptors (Lipinski definition) is 3. The van der Waals surface area contributed by atoms with Gasteiger partial charge >= 0.3 is 5.97 Å². The van der Waals surface area contributed by atoms with Crippen molar-refractivity contribution in [2.75, 3.05) is 26.2 Å². The fourth-order valence-corrected chi connectivity index (χ4v) is 3.12. The van der Waals surface area contributed by atoms with Crippen LogP contribution in [0.1, 0.15) is 28.3 Å². The lowest BCUT2D eigenvalue weighted by molar-refractivity contribution is 0.0691.